The molecule has 4 aromatic carbocycles. The summed E-state index contributed by atoms with van der Waals surface area (Å²) in [4.78, 5) is 46.0. The van der Waals surface area contributed by atoms with Crippen molar-refractivity contribution < 1.29 is 24.6 Å². The van der Waals surface area contributed by atoms with Gasteiger partial charge in [-0.1, -0.05) is 42.5 Å². The van der Waals surface area contributed by atoms with Crippen molar-refractivity contribution in [3.8, 4) is 17.0 Å². The third-order valence-electron chi connectivity index (χ3n) is 9.99. The molecule has 9 heteroatoms. The fraction of sp³-hybridized carbons (Fsp3) is 0.225. The molecule has 7 rings (SSSR count). The summed E-state index contributed by atoms with van der Waals surface area (Å²) in [6.07, 6.45) is 0.277. The number of carboxylic acid groups (broad SMARTS) is 1. The lowest BCUT2D eigenvalue weighted by Crippen LogP contribution is -2.43. The van der Waals surface area contributed by atoms with Crippen LogP contribution in [0.3, 0.4) is 0 Å². The quantitative estimate of drug-likeness (QED) is 0.207. The number of phenolic OH excluding ortho intramolecular Hbond substituents is 1. The lowest BCUT2D eigenvalue weighted by Gasteiger charge is -2.36. The number of hydrogen-bond donors (Lipinski definition) is 2. The molecule has 2 N–H and O–H groups in total. The molecule has 0 bridgehead atoms. The minimum absolute atomic E-state index is 0.0428. The van der Waals surface area contributed by atoms with Crippen LogP contribution in [0, 0.1) is 6.92 Å². The van der Waals surface area contributed by atoms with E-state index in [4.69, 9.17) is 0 Å². The van der Waals surface area contributed by atoms with Crippen molar-refractivity contribution in [1.82, 2.24) is 14.4 Å². The number of carbonyl (C=O) groups is 3. The van der Waals surface area contributed by atoms with E-state index in [1.807, 2.05) is 84.1 Å². The summed E-state index contributed by atoms with van der Waals surface area (Å²) in [5, 5.41) is 19.7. The third-order valence-corrected chi connectivity index (χ3v) is 9.99. The van der Waals surface area contributed by atoms with Crippen LogP contribution in [0.2, 0.25) is 0 Å². The fourth-order valence-electron chi connectivity index (χ4n) is 7.12. The fourth-order valence-corrected chi connectivity index (χ4v) is 7.12. The Bertz CT molecular complexity index is 2090. The molecule has 3 heterocycles. The number of fused-ring (bicyclic) bond motifs is 2. The number of phenols is 1. The van der Waals surface area contributed by atoms with Crippen molar-refractivity contribution >= 4 is 29.3 Å². The van der Waals surface area contributed by atoms with E-state index in [1.165, 1.54) is 10.5 Å². The molecule has 0 saturated heterocycles. The Morgan fingerprint density at radius 3 is 2.16 bits per heavy atom. The second kappa shape index (κ2) is 12.6. The Balaban J connectivity index is 1.34. The minimum Gasteiger partial charge on any atom is -0.508 e. The first-order valence-corrected chi connectivity index (χ1v) is 16.5. The third kappa shape index (κ3) is 5.82. The van der Waals surface area contributed by atoms with Crippen molar-refractivity contribution in [2.45, 2.75) is 45.8 Å². The number of amides is 3. The van der Waals surface area contributed by atoms with Crippen LogP contribution in [0.4, 0.5) is 16.2 Å². The zero-order valence-corrected chi connectivity index (χ0v) is 27.8. The van der Waals surface area contributed by atoms with Crippen LogP contribution in [-0.4, -0.2) is 55.1 Å². The Kier molecular flexibility index (Phi) is 8.20. The van der Waals surface area contributed by atoms with E-state index in [0.29, 0.717) is 47.6 Å². The van der Waals surface area contributed by atoms with Gasteiger partial charge >= 0.3 is 6.09 Å². The molecule has 0 saturated carbocycles. The van der Waals surface area contributed by atoms with Crippen LogP contribution in [0.1, 0.15) is 55.6 Å². The summed E-state index contributed by atoms with van der Waals surface area (Å²) in [7, 11) is 1.90. The molecule has 248 valence electrons. The smallest absolute Gasteiger partial charge is 0.407 e. The summed E-state index contributed by atoms with van der Waals surface area (Å²) in [5.74, 6) is -0.278. The highest BCUT2D eigenvalue weighted by Crippen LogP contribution is 2.37. The molecule has 9 nitrogen and oxygen atoms in total. The summed E-state index contributed by atoms with van der Waals surface area (Å²) in [6, 6.07) is 29.8. The average molecular weight is 655 g/mol. The molecule has 0 aliphatic carbocycles. The number of nitrogens with zero attached hydrogens (tertiary/aromatic N) is 4. The van der Waals surface area contributed by atoms with Crippen LogP contribution in [-0.2, 0) is 33.0 Å². The Morgan fingerprint density at radius 2 is 1.45 bits per heavy atom. The first-order chi connectivity index (χ1) is 23.6. The van der Waals surface area contributed by atoms with E-state index >= 15 is 0 Å². The molecule has 49 heavy (non-hydrogen) atoms. The van der Waals surface area contributed by atoms with E-state index < -0.39 is 6.09 Å². The van der Waals surface area contributed by atoms with Gasteiger partial charge in [0.15, 0.2) is 0 Å². The molecular formula is C40H38N4O5. The number of benzene rings is 4. The first kappa shape index (κ1) is 31.8. The number of rotatable bonds is 5. The number of aromatic hydroxyl groups is 1. The maximum Gasteiger partial charge on any atom is 0.407 e. The average Bonchev–Trinajstić information content (AvgIpc) is 3.41. The lowest BCUT2D eigenvalue weighted by atomic mass is 9.90. The van der Waals surface area contributed by atoms with Crippen LogP contribution in [0.5, 0.6) is 5.75 Å². The molecule has 0 fully saturated rings. The molecule has 5 aromatic rings. The Hall–Kier alpha value is -5.83. The topological polar surface area (TPSA) is 106 Å². The van der Waals surface area contributed by atoms with Crippen LogP contribution < -0.4 is 4.90 Å². The molecule has 1 aromatic heterocycles. The van der Waals surface area contributed by atoms with Gasteiger partial charge in [-0.25, -0.2) is 4.79 Å². The summed E-state index contributed by atoms with van der Waals surface area (Å²) < 4.78 is 1.95. The lowest BCUT2D eigenvalue weighted by molar-refractivity contribution is 0.0658. The monoisotopic (exact) mass is 654 g/mol. The summed E-state index contributed by atoms with van der Waals surface area (Å²) >= 11 is 0. The summed E-state index contributed by atoms with van der Waals surface area (Å²) in [6.45, 7) is 5.00. The van der Waals surface area contributed by atoms with E-state index in [2.05, 4.69) is 19.1 Å². The van der Waals surface area contributed by atoms with E-state index in [-0.39, 0.29) is 30.2 Å². The van der Waals surface area contributed by atoms with Gasteiger partial charge in [0.2, 0.25) is 0 Å². The van der Waals surface area contributed by atoms with Crippen molar-refractivity contribution in [3.05, 3.63) is 136 Å². The van der Waals surface area contributed by atoms with Gasteiger partial charge in [-0.2, -0.15) is 0 Å². The molecule has 2 aliphatic heterocycles. The predicted octanol–water partition coefficient (Wildman–Crippen LogP) is 7.31. The van der Waals surface area contributed by atoms with E-state index in [0.717, 1.165) is 34.5 Å². The number of anilines is 2. The number of aromatic nitrogens is 1. The predicted molar refractivity (Wildman–Crippen MR) is 188 cm³/mol. The van der Waals surface area contributed by atoms with Crippen molar-refractivity contribution in [3.63, 3.8) is 0 Å². The maximum absolute atomic E-state index is 14.6. The molecule has 1 atom stereocenters. The van der Waals surface area contributed by atoms with Gasteiger partial charge in [0, 0.05) is 66.6 Å². The van der Waals surface area contributed by atoms with Gasteiger partial charge < -0.3 is 24.6 Å². The second-order valence-corrected chi connectivity index (χ2v) is 13.0. The van der Waals surface area contributed by atoms with E-state index in [9.17, 15) is 24.6 Å². The van der Waals surface area contributed by atoms with Gasteiger partial charge in [0.1, 0.15) is 5.75 Å². The number of carbonyl (C=O) groups excluding carboxylic acids is 2. The van der Waals surface area contributed by atoms with Crippen LogP contribution in [0.25, 0.3) is 11.3 Å². The van der Waals surface area contributed by atoms with Gasteiger partial charge in [0.05, 0.1) is 5.56 Å². The zero-order chi connectivity index (χ0) is 34.4. The maximum atomic E-state index is 14.6. The molecular weight excluding hydrogens is 616 g/mol. The Labute approximate surface area is 285 Å². The van der Waals surface area contributed by atoms with Crippen molar-refractivity contribution in [2.24, 2.45) is 7.05 Å². The highest BCUT2D eigenvalue weighted by molar-refractivity contribution is 6.12. The number of hydrogen-bond acceptors (Lipinski definition) is 4. The molecule has 0 radical (unpaired) electrons. The molecule has 0 unspecified atom stereocenters. The summed E-state index contributed by atoms with van der Waals surface area (Å²) in [5.41, 5.74) is 8.55. The first-order valence-electron chi connectivity index (χ1n) is 16.5. The number of para-hydroxylation sites is 1. The van der Waals surface area contributed by atoms with Gasteiger partial charge in [0.25, 0.3) is 11.8 Å². The zero-order valence-electron chi connectivity index (χ0n) is 27.8. The van der Waals surface area contributed by atoms with Crippen LogP contribution in [0.15, 0.2) is 97.1 Å². The molecule has 3 amide bonds. The van der Waals surface area contributed by atoms with Gasteiger partial charge in [-0.3, -0.25) is 14.5 Å². The van der Waals surface area contributed by atoms with E-state index in [1.54, 1.807) is 29.2 Å². The molecule has 2 aliphatic rings. The normalized spacial score (nSPS) is 15.4. The molecule has 0 spiro atoms. The minimum atomic E-state index is -0.985. The highest BCUT2D eigenvalue weighted by Gasteiger charge is 2.32. The van der Waals surface area contributed by atoms with Gasteiger partial charge in [-0.15, -0.1) is 0 Å². The van der Waals surface area contributed by atoms with Crippen LogP contribution >= 0.6 is 0 Å². The highest BCUT2D eigenvalue weighted by atomic mass is 16.4. The van der Waals surface area contributed by atoms with Gasteiger partial charge in [-0.05, 0) is 104 Å². The van der Waals surface area contributed by atoms with Crippen molar-refractivity contribution in [2.75, 3.05) is 11.4 Å². The largest absolute Gasteiger partial charge is 0.508 e. The SMILES string of the molecule is Cc1c(C(=O)N(c2ccccc2)c2ccc(O)cc2)cc(-c2cc3c(cc2C(=O)N2Cc4ccccc4C[C@H]2C)CN(C(=O)O)CC3)n1C. The van der Waals surface area contributed by atoms with Crippen molar-refractivity contribution in [1.29, 1.82) is 0 Å². The second-order valence-electron chi connectivity index (χ2n) is 13.0. The Morgan fingerprint density at radius 1 is 0.776 bits per heavy atom. The standard InChI is InChI=1S/C40H38N4O5/c1-25-19-27-9-7-8-10-29(27)24-43(25)38(46)36-21-30-23-42(40(48)49)18-17-28(30)20-35(36)37-22-34(26(2)41(37)3)39(47)44(31-11-5-4-6-12-31)32-13-15-33(45)16-14-32/h4-16,20-22,25,45H,17-19,23-24H2,1-3H3,(H,48,49)/t25-/m1/s1.